The van der Waals surface area contributed by atoms with E-state index < -0.39 is 10.5 Å². The van der Waals surface area contributed by atoms with Crippen molar-refractivity contribution in [3.05, 3.63) is 74.2 Å². The second kappa shape index (κ2) is 11.1. The van der Waals surface area contributed by atoms with E-state index in [1.807, 2.05) is 32.2 Å². The fourth-order valence-electron chi connectivity index (χ4n) is 4.36. The number of nitro groups is 1. The number of nitrogens with zero attached hydrogens (tertiary/aromatic N) is 4. The number of non-ortho nitro benzene ring substituents is 1. The summed E-state index contributed by atoms with van der Waals surface area (Å²) in [4.78, 5) is 38.1. The second-order valence-electron chi connectivity index (χ2n) is 10.0. The predicted molar refractivity (Wildman–Crippen MR) is 140 cm³/mol. The maximum absolute atomic E-state index is 13.2. The summed E-state index contributed by atoms with van der Waals surface area (Å²) >= 11 is 1.62. The van der Waals surface area contributed by atoms with Crippen molar-refractivity contribution in [3.8, 4) is 5.69 Å². The lowest BCUT2D eigenvalue weighted by Crippen LogP contribution is -2.41. The third-order valence-electron chi connectivity index (χ3n) is 6.17. The lowest BCUT2D eigenvalue weighted by Gasteiger charge is -2.34. The number of hydrogen-bond acceptors (Lipinski definition) is 7. The molecule has 1 aliphatic heterocycles. The Hall–Kier alpha value is -3.73. The summed E-state index contributed by atoms with van der Waals surface area (Å²) in [7, 11) is 0. The smallest absolute Gasteiger partial charge is 0.410 e. The van der Waals surface area contributed by atoms with Crippen molar-refractivity contribution in [2.45, 2.75) is 51.6 Å². The first-order chi connectivity index (χ1) is 17.6. The lowest BCUT2D eigenvalue weighted by atomic mass is 9.91. The van der Waals surface area contributed by atoms with Crippen LogP contribution in [0.25, 0.3) is 5.69 Å². The minimum Gasteiger partial charge on any atom is -0.444 e. The SMILES string of the molecule is CC(C)(C)OC(=O)N1CCC(c2c(C(=O)NCCc3ccsc3)cnn2-c2ccc([N+](=O)[O-])cc2)CC1. The predicted octanol–water partition coefficient (Wildman–Crippen LogP) is 4.93. The summed E-state index contributed by atoms with van der Waals surface area (Å²) in [6, 6.07) is 8.14. The summed E-state index contributed by atoms with van der Waals surface area (Å²) in [6.45, 7) is 6.99. The van der Waals surface area contributed by atoms with Gasteiger partial charge in [0.2, 0.25) is 0 Å². The number of nitro benzene ring substituents is 1. The molecule has 2 aromatic heterocycles. The number of aromatic nitrogens is 2. The average molecular weight is 526 g/mol. The van der Waals surface area contributed by atoms with Gasteiger partial charge in [-0.15, -0.1) is 0 Å². The van der Waals surface area contributed by atoms with Crippen LogP contribution >= 0.6 is 11.3 Å². The van der Waals surface area contributed by atoms with Crippen LogP contribution in [0, 0.1) is 10.1 Å². The van der Waals surface area contributed by atoms with E-state index in [1.54, 1.807) is 39.2 Å². The van der Waals surface area contributed by atoms with E-state index in [1.165, 1.54) is 17.7 Å². The Morgan fingerprint density at radius 3 is 2.49 bits per heavy atom. The van der Waals surface area contributed by atoms with Crippen LogP contribution in [-0.2, 0) is 11.2 Å². The number of hydrogen-bond donors (Lipinski definition) is 1. The van der Waals surface area contributed by atoms with Crippen LogP contribution in [0.3, 0.4) is 0 Å². The molecule has 0 saturated carbocycles. The van der Waals surface area contributed by atoms with E-state index in [9.17, 15) is 19.7 Å². The molecule has 2 amide bonds. The second-order valence-corrected chi connectivity index (χ2v) is 10.8. The van der Waals surface area contributed by atoms with Gasteiger partial charge in [0.05, 0.1) is 28.1 Å². The normalized spacial score (nSPS) is 14.4. The number of piperidine rings is 1. The van der Waals surface area contributed by atoms with E-state index in [0.717, 1.165) is 12.1 Å². The highest BCUT2D eigenvalue weighted by molar-refractivity contribution is 7.07. The Balaban J connectivity index is 1.55. The Bertz CT molecular complexity index is 1240. The molecule has 37 heavy (non-hydrogen) atoms. The van der Waals surface area contributed by atoms with E-state index in [4.69, 9.17) is 4.74 Å². The molecule has 0 unspecified atom stereocenters. The zero-order valence-electron chi connectivity index (χ0n) is 21.2. The van der Waals surface area contributed by atoms with Crippen molar-refractivity contribution < 1.29 is 19.2 Å². The molecule has 1 aromatic carbocycles. The zero-order valence-corrected chi connectivity index (χ0v) is 22.0. The van der Waals surface area contributed by atoms with Crippen molar-refractivity contribution in [1.82, 2.24) is 20.0 Å². The summed E-state index contributed by atoms with van der Waals surface area (Å²) in [6.07, 6.45) is 3.20. The molecule has 0 aliphatic carbocycles. The van der Waals surface area contributed by atoms with Gasteiger partial charge >= 0.3 is 6.09 Å². The Kier molecular flexibility index (Phi) is 7.91. The maximum atomic E-state index is 13.2. The van der Waals surface area contributed by atoms with Crippen LogP contribution in [0.2, 0.25) is 0 Å². The molecule has 4 rings (SSSR count). The molecule has 11 heteroatoms. The topological polar surface area (TPSA) is 120 Å². The van der Waals surface area contributed by atoms with Gasteiger partial charge in [0, 0.05) is 37.7 Å². The summed E-state index contributed by atoms with van der Waals surface area (Å²) in [5.74, 6) is -0.248. The fraction of sp³-hybridized carbons (Fsp3) is 0.423. The van der Waals surface area contributed by atoms with E-state index in [2.05, 4.69) is 15.8 Å². The molecule has 0 radical (unpaired) electrons. The molecule has 1 aliphatic rings. The van der Waals surface area contributed by atoms with Crippen LogP contribution in [0.15, 0.2) is 47.3 Å². The van der Waals surface area contributed by atoms with E-state index >= 15 is 0 Å². The number of benzene rings is 1. The van der Waals surface area contributed by atoms with Crippen molar-refractivity contribution in [3.63, 3.8) is 0 Å². The van der Waals surface area contributed by atoms with Crippen LogP contribution in [0.4, 0.5) is 10.5 Å². The number of amides is 2. The van der Waals surface area contributed by atoms with Crippen LogP contribution in [0.5, 0.6) is 0 Å². The molecule has 0 bridgehead atoms. The molecule has 1 saturated heterocycles. The summed E-state index contributed by atoms with van der Waals surface area (Å²) in [5, 5.41) is 22.7. The molecular formula is C26H31N5O5S. The largest absolute Gasteiger partial charge is 0.444 e. The average Bonchev–Trinajstić information content (AvgIpc) is 3.53. The van der Waals surface area contributed by atoms with Crippen molar-refractivity contribution in [1.29, 1.82) is 0 Å². The fourth-order valence-corrected chi connectivity index (χ4v) is 5.06. The number of ether oxygens (including phenoxy) is 1. The summed E-state index contributed by atoms with van der Waals surface area (Å²) in [5.41, 5.74) is 2.42. The number of carbonyl (C=O) groups excluding carboxylic acids is 2. The lowest BCUT2D eigenvalue weighted by molar-refractivity contribution is -0.384. The molecule has 196 valence electrons. The number of nitrogens with one attached hydrogen (secondary N) is 1. The minimum atomic E-state index is -0.573. The van der Waals surface area contributed by atoms with Gasteiger partial charge in [0.25, 0.3) is 11.6 Å². The molecule has 3 aromatic rings. The molecular weight excluding hydrogens is 494 g/mol. The van der Waals surface area contributed by atoms with Crippen LogP contribution in [0.1, 0.15) is 61.1 Å². The number of rotatable bonds is 7. The molecule has 0 spiro atoms. The number of likely N-dealkylation sites (tertiary alicyclic amines) is 1. The van der Waals surface area contributed by atoms with Gasteiger partial charge in [-0.05, 0) is 74.6 Å². The van der Waals surface area contributed by atoms with Crippen molar-refractivity contribution >= 4 is 29.0 Å². The highest BCUT2D eigenvalue weighted by Gasteiger charge is 2.32. The van der Waals surface area contributed by atoms with Gasteiger partial charge in [-0.1, -0.05) is 0 Å². The monoisotopic (exact) mass is 525 g/mol. The molecule has 10 nitrogen and oxygen atoms in total. The first kappa shape index (κ1) is 26.3. The Morgan fingerprint density at radius 2 is 1.89 bits per heavy atom. The highest BCUT2D eigenvalue weighted by Crippen LogP contribution is 2.33. The highest BCUT2D eigenvalue weighted by atomic mass is 32.1. The van der Waals surface area contributed by atoms with Gasteiger partial charge in [-0.3, -0.25) is 14.9 Å². The summed E-state index contributed by atoms with van der Waals surface area (Å²) < 4.78 is 7.20. The van der Waals surface area contributed by atoms with Crippen LogP contribution < -0.4 is 5.32 Å². The van der Waals surface area contributed by atoms with Gasteiger partial charge < -0.3 is 15.0 Å². The third-order valence-corrected chi connectivity index (χ3v) is 6.90. The molecule has 0 atom stereocenters. The Labute approximate surface area is 219 Å². The van der Waals surface area contributed by atoms with Crippen molar-refractivity contribution in [2.24, 2.45) is 0 Å². The molecule has 1 N–H and O–H groups in total. The van der Waals surface area contributed by atoms with Gasteiger partial charge in [-0.25, -0.2) is 9.48 Å². The first-order valence-electron chi connectivity index (χ1n) is 12.2. The quantitative estimate of drug-likeness (QED) is 0.345. The molecule has 1 fully saturated rings. The van der Waals surface area contributed by atoms with E-state index in [-0.39, 0.29) is 23.6 Å². The minimum absolute atomic E-state index is 0.0190. The van der Waals surface area contributed by atoms with Crippen molar-refractivity contribution in [2.75, 3.05) is 19.6 Å². The number of thiophene rings is 1. The van der Waals surface area contributed by atoms with Crippen LogP contribution in [-0.4, -0.2) is 56.8 Å². The first-order valence-corrected chi connectivity index (χ1v) is 13.2. The zero-order chi connectivity index (χ0) is 26.6. The van der Waals surface area contributed by atoms with Gasteiger partial charge in [0.15, 0.2) is 0 Å². The van der Waals surface area contributed by atoms with Gasteiger partial charge in [-0.2, -0.15) is 16.4 Å². The third kappa shape index (κ3) is 6.53. The molecule has 3 heterocycles. The standard InChI is InChI=1S/C26H31N5O5S/c1-26(2,3)36-25(33)29-13-9-19(10-14-29)23-22(24(32)27-12-8-18-11-15-37-17-18)16-28-30(23)20-4-6-21(7-5-20)31(34)35/h4-7,11,15-17,19H,8-10,12-14H2,1-3H3,(H,27,32). The van der Waals surface area contributed by atoms with E-state index in [0.29, 0.717) is 43.7 Å². The number of carbonyl (C=O) groups is 2. The van der Waals surface area contributed by atoms with Gasteiger partial charge in [0.1, 0.15) is 5.60 Å². The Morgan fingerprint density at radius 1 is 1.19 bits per heavy atom. The maximum Gasteiger partial charge on any atom is 0.410 e.